The second-order valence-corrected chi connectivity index (χ2v) is 3.42. The molecule has 4 heteroatoms. The highest BCUT2D eigenvalue weighted by Crippen LogP contribution is 1.98. The van der Waals surface area contributed by atoms with E-state index in [-0.39, 0.29) is 11.8 Å². The molecule has 0 radical (unpaired) electrons. The number of amides is 1. The molecular formula is C9H21N3O. The summed E-state index contributed by atoms with van der Waals surface area (Å²) in [6.07, 6.45) is 0.983. The summed E-state index contributed by atoms with van der Waals surface area (Å²) in [4.78, 5) is 13.3. The van der Waals surface area contributed by atoms with Crippen LogP contribution in [0.1, 0.15) is 13.3 Å². The summed E-state index contributed by atoms with van der Waals surface area (Å²) in [5, 5.41) is 2.64. The standard InChI is InChI=1S/C9H21N3O/c1-8(9(13)11-2)7-12(3)6-4-5-10/h8H,4-7,10H2,1-3H3,(H,11,13). The molecule has 0 rings (SSSR count). The SMILES string of the molecule is CNC(=O)C(C)CN(C)CCCN. The minimum atomic E-state index is 0.0489. The van der Waals surface area contributed by atoms with Crippen molar-refractivity contribution >= 4 is 5.91 Å². The maximum Gasteiger partial charge on any atom is 0.223 e. The van der Waals surface area contributed by atoms with E-state index < -0.39 is 0 Å². The number of nitrogens with zero attached hydrogens (tertiary/aromatic N) is 1. The topological polar surface area (TPSA) is 58.4 Å². The van der Waals surface area contributed by atoms with Gasteiger partial charge in [0.1, 0.15) is 0 Å². The van der Waals surface area contributed by atoms with E-state index in [2.05, 4.69) is 10.2 Å². The van der Waals surface area contributed by atoms with Crippen LogP contribution < -0.4 is 11.1 Å². The number of hydrogen-bond donors (Lipinski definition) is 2. The van der Waals surface area contributed by atoms with Gasteiger partial charge >= 0.3 is 0 Å². The highest BCUT2D eigenvalue weighted by atomic mass is 16.1. The summed E-state index contributed by atoms with van der Waals surface area (Å²) in [6.45, 7) is 4.38. The molecule has 1 unspecified atom stereocenters. The third-order valence-corrected chi connectivity index (χ3v) is 2.02. The molecule has 4 nitrogen and oxygen atoms in total. The Morgan fingerprint density at radius 3 is 2.69 bits per heavy atom. The second-order valence-electron chi connectivity index (χ2n) is 3.42. The smallest absolute Gasteiger partial charge is 0.223 e. The van der Waals surface area contributed by atoms with E-state index in [0.29, 0.717) is 6.54 Å². The highest BCUT2D eigenvalue weighted by molar-refractivity contribution is 5.78. The van der Waals surface area contributed by atoms with Crippen molar-refractivity contribution in [2.45, 2.75) is 13.3 Å². The molecule has 0 fully saturated rings. The van der Waals surface area contributed by atoms with Crippen LogP contribution in [-0.4, -0.2) is 44.5 Å². The van der Waals surface area contributed by atoms with Gasteiger partial charge in [-0.25, -0.2) is 0 Å². The number of nitrogens with two attached hydrogens (primary N) is 1. The molecule has 0 aromatic heterocycles. The minimum absolute atomic E-state index is 0.0489. The molecule has 0 bridgehead atoms. The van der Waals surface area contributed by atoms with Crippen LogP contribution >= 0.6 is 0 Å². The van der Waals surface area contributed by atoms with Crippen LogP contribution in [0.4, 0.5) is 0 Å². The van der Waals surface area contributed by atoms with Crippen LogP contribution in [0.2, 0.25) is 0 Å². The lowest BCUT2D eigenvalue weighted by Crippen LogP contribution is -2.35. The Bertz CT molecular complexity index is 150. The fourth-order valence-electron chi connectivity index (χ4n) is 1.25. The van der Waals surface area contributed by atoms with Crippen molar-refractivity contribution in [2.75, 3.05) is 33.7 Å². The minimum Gasteiger partial charge on any atom is -0.359 e. The fraction of sp³-hybridized carbons (Fsp3) is 0.889. The van der Waals surface area contributed by atoms with Crippen LogP contribution in [0, 0.1) is 5.92 Å². The van der Waals surface area contributed by atoms with Gasteiger partial charge in [0.25, 0.3) is 0 Å². The monoisotopic (exact) mass is 187 g/mol. The molecule has 0 aromatic rings. The Labute approximate surface area is 80.5 Å². The first-order valence-corrected chi connectivity index (χ1v) is 4.72. The molecule has 0 saturated carbocycles. The van der Waals surface area contributed by atoms with E-state index in [0.717, 1.165) is 19.5 Å². The molecule has 0 heterocycles. The Kier molecular flexibility index (Phi) is 6.54. The lowest BCUT2D eigenvalue weighted by atomic mass is 10.1. The van der Waals surface area contributed by atoms with Crippen LogP contribution in [0.25, 0.3) is 0 Å². The van der Waals surface area contributed by atoms with Gasteiger partial charge in [0.2, 0.25) is 5.91 Å². The van der Waals surface area contributed by atoms with E-state index in [1.165, 1.54) is 0 Å². The molecule has 0 aromatic carbocycles. The summed E-state index contributed by atoms with van der Waals surface area (Å²) in [7, 11) is 3.67. The summed E-state index contributed by atoms with van der Waals surface area (Å²) >= 11 is 0. The van der Waals surface area contributed by atoms with Crippen LogP contribution in [0.15, 0.2) is 0 Å². The van der Waals surface area contributed by atoms with E-state index >= 15 is 0 Å². The lowest BCUT2D eigenvalue weighted by molar-refractivity contribution is -0.124. The van der Waals surface area contributed by atoms with E-state index in [1.807, 2.05) is 14.0 Å². The van der Waals surface area contributed by atoms with Crippen molar-refractivity contribution in [1.29, 1.82) is 0 Å². The summed E-state index contributed by atoms with van der Waals surface area (Å²) < 4.78 is 0. The Balaban J connectivity index is 3.64. The van der Waals surface area contributed by atoms with Crippen molar-refractivity contribution < 1.29 is 4.79 Å². The predicted octanol–water partition coefficient (Wildman–Crippen LogP) is -0.351. The van der Waals surface area contributed by atoms with Crippen molar-refractivity contribution in [1.82, 2.24) is 10.2 Å². The molecule has 3 N–H and O–H groups in total. The first kappa shape index (κ1) is 12.4. The molecule has 13 heavy (non-hydrogen) atoms. The summed E-state index contributed by atoms with van der Waals surface area (Å²) in [6, 6.07) is 0. The first-order valence-electron chi connectivity index (χ1n) is 4.72. The predicted molar refractivity (Wildman–Crippen MR) is 54.4 cm³/mol. The van der Waals surface area contributed by atoms with Crippen LogP contribution in [0.5, 0.6) is 0 Å². The number of carbonyl (C=O) groups is 1. The van der Waals surface area contributed by atoms with Gasteiger partial charge < -0.3 is 16.0 Å². The number of nitrogens with one attached hydrogen (secondary N) is 1. The van der Waals surface area contributed by atoms with E-state index in [9.17, 15) is 4.79 Å². The zero-order valence-electron chi connectivity index (χ0n) is 8.84. The zero-order valence-corrected chi connectivity index (χ0v) is 8.84. The van der Waals surface area contributed by atoms with Crippen molar-refractivity contribution in [3.05, 3.63) is 0 Å². The molecule has 0 spiro atoms. The van der Waals surface area contributed by atoms with Gasteiger partial charge in [-0.05, 0) is 26.6 Å². The van der Waals surface area contributed by atoms with E-state index in [4.69, 9.17) is 5.73 Å². The van der Waals surface area contributed by atoms with Crippen molar-refractivity contribution in [2.24, 2.45) is 11.7 Å². The largest absolute Gasteiger partial charge is 0.359 e. The molecule has 0 aliphatic carbocycles. The molecule has 78 valence electrons. The number of hydrogen-bond acceptors (Lipinski definition) is 3. The third-order valence-electron chi connectivity index (χ3n) is 2.02. The molecule has 0 saturated heterocycles. The van der Waals surface area contributed by atoms with Gasteiger partial charge in [0.05, 0.1) is 0 Å². The normalized spacial score (nSPS) is 13.0. The van der Waals surface area contributed by atoms with Gasteiger partial charge in [-0.15, -0.1) is 0 Å². The summed E-state index contributed by atoms with van der Waals surface area (Å²) in [5.74, 6) is 0.146. The average molecular weight is 187 g/mol. The van der Waals surface area contributed by atoms with Crippen LogP contribution in [-0.2, 0) is 4.79 Å². The Morgan fingerprint density at radius 1 is 1.62 bits per heavy atom. The zero-order chi connectivity index (χ0) is 10.3. The third kappa shape index (κ3) is 5.60. The van der Waals surface area contributed by atoms with E-state index in [1.54, 1.807) is 7.05 Å². The second kappa shape index (κ2) is 6.86. The molecule has 1 atom stereocenters. The Hall–Kier alpha value is -0.610. The van der Waals surface area contributed by atoms with Gasteiger partial charge in [0, 0.05) is 19.5 Å². The number of rotatable bonds is 6. The average Bonchev–Trinajstić information content (AvgIpc) is 2.13. The fourth-order valence-corrected chi connectivity index (χ4v) is 1.25. The van der Waals surface area contributed by atoms with Gasteiger partial charge in [-0.3, -0.25) is 4.79 Å². The maximum absolute atomic E-state index is 11.2. The quantitative estimate of drug-likeness (QED) is 0.597. The Morgan fingerprint density at radius 2 is 2.23 bits per heavy atom. The molecule has 0 aliphatic rings. The van der Waals surface area contributed by atoms with Crippen molar-refractivity contribution in [3.8, 4) is 0 Å². The first-order chi connectivity index (χ1) is 6.11. The molecule has 0 aliphatic heterocycles. The van der Waals surface area contributed by atoms with Gasteiger partial charge in [-0.1, -0.05) is 6.92 Å². The van der Waals surface area contributed by atoms with Crippen LogP contribution in [0.3, 0.4) is 0 Å². The molecule has 1 amide bonds. The van der Waals surface area contributed by atoms with Crippen molar-refractivity contribution in [3.63, 3.8) is 0 Å². The number of carbonyl (C=O) groups excluding carboxylic acids is 1. The summed E-state index contributed by atoms with van der Waals surface area (Å²) in [5.41, 5.74) is 5.39. The van der Waals surface area contributed by atoms with Gasteiger partial charge in [0.15, 0.2) is 0 Å². The maximum atomic E-state index is 11.2. The van der Waals surface area contributed by atoms with Gasteiger partial charge in [-0.2, -0.15) is 0 Å². The highest BCUT2D eigenvalue weighted by Gasteiger charge is 2.12. The molecular weight excluding hydrogens is 166 g/mol. The lowest BCUT2D eigenvalue weighted by Gasteiger charge is -2.19.